The highest BCUT2D eigenvalue weighted by Gasteiger charge is 2.25. The van der Waals surface area contributed by atoms with Gasteiger partial charge in [-0.1, -0.05) is 0 Å². The number of anilines is 1. The normalized spacial score (nSPS) is 16.4. The number of hydrazone groups is 1. The summed E-state index contributed by atoms with van der Waals surface area (Å²) in [5.74, 6) is 0.196. The molecule has 0 fully saturated rings. The number of aliphatic hydroxyl groups excluding tert-OH is 2. The first-order valence-electron chi connectivity index (χ1n) is 6.76. The summed E-state index contributed by atoms with van der Waals surface area (Å²) in [5, 5.41) is 44.4. The maximum Gasteiger partial charge on any atom is 0.169 e. The molecule has 0 amide bonds. The zero-order chi connectivity index (χ0) is 16.3. The Morgan fingerprint density at radius 1 is 1.36 bits per heavy atom. The average molecular weight is 305 g/mol. The van der Waals surface area contributed by atoms with Crippen LogP contribution in [0.4, 0.5) is 11.4 Å². The molecule has 1 aromatic carbocycles. The molecule has 0 atom stereocenters. The monoisotopic (exact) mass is 305 g/mol. The minimum absolute atomic E-state index is 0.0629. The molecule has 1 aromatic rings. The minimum atomic E-state index is -0.317. The Morgan fingerprint density at radius 3 is 2.73 bits per heavy atom. The van der Waals surface area contributed by atoms with Gasteiger partial charge >= 0.3 is 0 Å². The second kappa shape index (κ2) is 6.54. The molecule has 1 aliphatic rings. The van der Waals surface area contributed by atoms with Crippen LogP contribution in [0.5, 0.6) is 5.75 Å². The van der Waals surface area contributed by atoms with E-state index in [4.69, 9.17) is 10.5 Å². The van der Waals surface area contributed by atoms with Crippen molar-refractivity contribution in [3.63, 3.8) is 0 Å². The van der Waals surface area contributed by atoms with Crippen molar-refractivity contribution in [3.8, 4) is 5.75 Å². The van der Waals surface area contributed by atoms with E-state index in [9.17, 15) is 10.2 Å². The number of amidine groups is 1. The molecular formula is C14H19N5O3. The van der Waals surface area contributed by atoms with Crippen molar-refractivity contribution in [1.82, 2.24) is 5.01 Å². The van der Waals surface area contributed by atoms with E-state index in [1.807, 2.05) is 0 Å². The Labute approximate surface area is 127 Å². The first-order valence-corrected chi connectivity index (χ1v) is 6.76. The molecule has 8 heteroatoms. The summed E-state index contributed by atoms with van der Waals surface area (Å²) in [6.45, 7) is 1.66. The Hall–Kier alpha value is -2.45. The van der Waals surface area contributed by atoms with Gasteiger partial charge in [0, 0.05) is 19.7 Å². The van der Waals surface area contributed by atoms with Crippen molar-refractivity contribution >= 4 is 28.6 Å². The minimum Gasteiger partial charge on any atom is -0.508 e. The van der Waals surface area contributed by atoms with E-state index in [0.717, 1.165) is 0 Å². The van der Waals surface area contributed by atoms with E-state index >= 15 is 0 Å². The van der Waals surface area contributed by atoms with Gasteiger partial charge in [-0.05, 0) is 18.6 Å². The van der Waals surface area contributed by atoms with Gasteiger partial charge in [0.2, 0.25) is 0 Å². The number of aliphatic hydroxyl groups is 2. The van der Waals surface area contributed by atoms with Gasteiger partial charge in [-0.25, -0.2) is 10.0 Å². The molecule has 1 aliphatic heterocycles. The second-order valence-electron chi connectivity index (χ2n) is 4.84. The molecule has 0 spiro atoms. The predicted octanol–water partition coefficient (Wildman–Crippen LogP) is 0.448. The van der Waals surface area contributed by atoms with Crippen LogP contribution in [0.3, 0.4) is 0 Å². The van der Waals surface area contributed by atoms with Crippen molar-refractivity contribution in [2.24, 2.45) is 10.1 Å². The Balaban J connectivity index is 2.47. The number of hydrogen-bond donors (Lipinski definition) is 5. The summed E-state index contributed by atoms with van der Waals surface area (Å²) in [6, 6.07) is 3.19. The van der Waals surface area contributed by atoms with Crippen molar-refractivity contribution in [2.45, 2.75) is 6.92 Å². The first-order chi connectivity index (χ1) is 10.5. The van der Waals surface area contributed by atoms with Gasteiger partial charge in [-0.3, -0.25) is 5.41 Å². The fourth-order valence-electron chi connectivity index (χ4n) is 2.02. The quantitative estimate of drug-likeness (QED) is 0.540. The molecule has 0 aromatic heterocycles. The number of benzene rings is 1. The number of aromatic hydroxyl groups is 1. The Kier molecular flexibility index (Phi) is 4.74. The predicted molar refractivity (Wildman–Crippen MR) is 85.5 cm³/mol. The van der Waals surface area contributed by atoms with Crippen LogP contribution in [0.15, 0.2) is 22.2 Å². The van der Waals surface area contributed by atoms with Gasteiger partial charge in [-0.15, -0.1) is 0 Å². The summed E-state index contributed by atoms with van der Waals surface area (Å²) in [4.78, 5) is 4.40. The molecule has 118 valence electrons. The molecule has 1 heterocycles. The number of phenols is 1. The zero-order valence-corrected chi connectivity index (χ0v) is 12.5. The number of nitrogens with zero attached hydrogens (tertiary/aromatic N) is 3. The van der Waals surface area contributed by atoms with E-state index in [1.165, 1.54) is 11.1 Å². The van der Waals surface area contributed by atoms with E-state index in [-0.39, 0.29) is 30.5 Å². The number of nitrogens with one attached hydrogen (secondary N) is 2. The highest BCUT2D eigenvalue weighted by atomic mass is 16.3. The number of aliphatic imine (C=N–C) groups is 1. The van der Waals surface area contributed by atoms with Crippen LogP contribution in [0.25, 0.3) is 0 Å². The highest BCUT2D eigenvalue weighted by Crippen LogP contribution is 2.32. The van der Waals surface area contributed by atoms with Gasteiger partial charge in [0.05, 0.1) is 24.6 Å². The molecule has 0 saturated carbocycles. The van der Waals surface area contributed by atoms with Crippen molar-refractivity contribution in [2.75, 3.05) is 32.1 Å². The van der Waals surface area contributed by atoms with E-state index < -0.39 is 0 Å². The largest absolute Gasteiger partial charge is 0.508 e. The van der Waals surface area contributed by atoms with Crippen LogP contribution in [0, 0.1) is 12.3 Å². The molecule has 0 radical (unpaired) electrons. The molecule has 5 N–H and O–H groups in total. The van der Waals surface area contributed by atoms with Gasteiger partial charge in [0.1, 0.15) is 17.2 Å². The lowest BCUT2D eigenvalue weighted by molar-refractivity contribution is 0.311. The Morgan fingerprint density at radius 2 is 2.09 bits per heavy atom. The molecule has 0 saturated heterocycles. The summed E-state index contributed by atoms with van der Waals surface area (Å²) in [7, 11) is 1.60. The smallest absolute Gasteiger partial charge is 0.169 e. The standard InChI is InChI=1S/C14H19N5O3/c1-8-5-10(9(6-12(8)22)16-3-4-20)17-13-11(7-21)18-19(2)14(13)15/h5-6,15-16,20-22H,3-4,7H2,1-2H3. The van der Waals surface area contributed by atoms with Crippen molar-refractivity contribution < 1.29 is 15.3 Å². The third kappa shape index (κ3) is 3.07. The Bertz CT molecular complexity index is 654. The number of phenolic OH excluding ortho intramolecular Hbond substituents is 1. The maximum absolute atomic E-state index is 9.81. The molecule has 0 bridgehead atoms. The lowest BCUT2D eigenvalue weighted by Crippen LogP contribution is -2.25. The molecule has 2 rings (SSSR count). The molecule has 0 unspecified atom stereocenters. The molecule has 0 aliphatic carbocycles. The summed E-state index contributed by atoms with van der Waals surface area (Å²) in [5.41, 5.74) is 2.26. The van der Waals surface area contributed by atoms with E-state index in [0.29, 0.717) is 29.2 Å². The topological polar surface area (TPSA) is 125 Å². The van der Waals surface area contributed by atoms with Gasteiger partial charge < -0.3 is 20.6 Å². The summed E-state index contributed by atoms with van der Waals surface area (Å²) < 4.78 is 0. The van der Waals surface area contributed by atoms with E-state index in [2.05, 4.69) is 15.4 Å². The first kappa shape index (κ1) is 15.9. The number of rotatable bonds is 5. The van der Waals surface area contributed by atoms with Crippen LogP contribution in [0.1, 0.15) is 5.56 Å². The van der Waals surface area contributed by atoms with Crippen molar-refractivity contribution in [1.29, 1.82) is 5.41 Å². The lowest BCUT2D eigenvalue weighted by atomic mass is 10.1. The maximum atomic E-state index is 9.81. The lowest BCUT2D eigenvalue weighted by Gasteiger charge is -2.12. The number of aryl methyl sites for hydroxylation is 1. The highest BCUT2D eigenvalue weighted by molar-refractivity contribution is 6.70. The fraction of sp³-hybridized carbons (Fsp3) is 0.357. The van der Waals surface area contributed by atoms with Gasteiger partial charge in [0.25, 0.3) is 0 Å². The van der Waals surface area contributed by atoms with Crippen LogP contribution in [-0.4, -0.2) is 64.4 Å². The fourth-order valence-corrected chi connectivity index (χ4v) is 2.02. The van der Waals surface area contributed by atoms with Crippen LogP contribution in [-0.2, 0) is 0 Å². The molecule has 22 heavy (non-hydrogen) atoms. The van der Waals surface area contributed by atoms with Crippen LogP contribution < -0.4 is 5.32 Å². The molecule has 8 nitrogen and oxygen atoms in total. The summed E-state index contributed by atoms with van der Waals surface area (Å²) >= 11 is 0. The van der Waals surface area contributed by atoms with Crippen LogP contribution in [0.2, 0.25) is 0 Å². The summed E-state index contributed by atoms with van der Waals surface area (Å²) in [6.07, 6.45) is 0. The van der Waals surface area contributed by atoms with E-state index in [1.54, 1.807) is 20.0 Å². The van der Waals surface area contributed by atoms with Crippen molar-refractivity contribution in [3.05, 3.63) is 17.7 Å². The average Bonchev–Trinajstić information content (AvgIpc) is 2.77. The van der Waals surface area contributed by atoms with Crippen LogP contribution >= 0.6 is 0 Å². The zero-order valence-electron chi connectivity index (χ0n) is 12.5. The molecular weight excluding hydrogens is 286 g/mol. The SMILES string of the molecule is Cc1cc(N=C2C(=N)N(C)N=C2CO)c(NCCO)cc1O. The number of hydrogen-bond acceptors (Lipinski definition) is 7. The third-order valence-corrected chi connectivity index (χ3v) is 3.22. The second-order valence-corrected chi connectivity index (χ2v) is 4.84. The third-order valence-electron chi connectivity index (χ3n) is 3.22. The van der Waals surface area contributed by atoms with Gasteiger partial charge in [-0.2, -0.15) is 5.10 Å². The van der Waals surface area contributed by atoms with Gasteiger partial charge in [0.15, 0.2) is 5.84 Å².